The quantitative estimate of drug-likeness (QED) is 0.794. The topological polar surface area (TPSA) is 35.0 Å². The first-order valence-corrected chi connectivity index (χ1v) is 6.17. The lowest BCUT2D eigenvalue weighted by Gasteiger charge is -2.54. The van der Waals surface area contributed by atoms with Gasteiger partial charge in [-0.25, -0.2) is 0 Å². The first-order valence-electron chi connectivity index (χ1n) is 5.79. The SMILES string of the molecule is COc1c(Cl)cnnc1C1CC2(CCC2)C1. The molecule has 4 heteroatoms. The van der Waals surface area contributed by atoms with E-state index in [1.165, 1.54) is 32.1 Å². The molecule has 2 aliphatic rings. The van der Waals surface area contributed by atoms with Gasteiger partial charge in [-0.1, -0.05) is 18.0 Å². The van der Waals surface area contributed by atoms with Crippen LogP contribution in [-0.4, -0.2) is 17.3 Å². The maximum absolute atomic E-state index is 6.05. The largest absolute Gasteiger partial charge is 0.493 e. The van der Waals surface area contributed by atoms with Crippen LogP contribution in [0.25, 0.3) is 0 Å². The van der Waals surface area contributed by atoms with E-state index in [0.717, 1.165) is 11.4 Å². The molecule has 0 N–H and O–H groups in total. The summed E-state index contributed by atoms with van der Waals surface area (Å²) in [5, 5.41) is 8.69. The summed E-state index contributed by atoms with van der Waals surface area (Å²) in [6.45, 7) is 0. The Labute approximate surface area is 100 Å². The number of ether oxygens (including phenoxy) is 1. The molecule has 0 saturated heterocycles. The average molecular weight is 239 g/mol. The van der Waals surface area contributed by atoms with Gasteiger partial charge >= 0.3 is 0 Å². The van der Waals surface area contributed by atoms with E-state index in [-0.39, 0.29) is 0 Å². The maximum atomic E-state index is 6.05. The molecule has 0 unspecified atom stereocenters. The van der Waals surface area contributed by atoms with E-state index in [4.69, 9.17) is 16.3 Å². The minimum Gasteiger partial charge on any atom is -0.493 e. The van der Waals surface area contributed by atoms with E-state index in [1.54, 1.807) is 13.3 Å². The third-order valence-electron chi connectivity index (χ3n) is 4.15. The van der Waals surface area contributed by atoms with Crippen molar-refractivity contribution in [3.63, 3.8) is 0 Å². The summed E-state index contributed by atoms with van der Waals surface area (Å²) < 4.78 is 5.32. The molecule has 0 amide bonds. The fourth-order valence-electron chi connectivity index (χ4n) is 3.10. The number of nitrogens with zero attached hydrogens (tertiary/aromatic N) is 2. The third-order valence-corrected chi connectivity index (χ3v) is 4.42. The first kappa shape index (κ1) is 10.3. The van der Waals surface area contributed by atoms with Gasteiger partial charge in [-0.2, -0.15) is 10.2 Å². The lowest BCUT2D eigenvalue weighted by molar-refractivity contribution is 0.00654. The van der Waals surface area contributed by atoms with Crippen LogP contribution in [0.3, 0.4) is 0 Å². The Kier molecular flexibility index (Phi) is 2.32. The molecule has 3 rings (SSSR count). The Morgan fingerprint density at radius 3 is 2.75 bits per heavy atom. The van der Waals surface area contributed by atoms with Gasteiger partial charge in [-0.15, -0.1) is 0 Å². The molecule has 1 heterocycles. The van der Waals surface area contributed by atoms with Gasteiger partial charge in [-0.05, 0) is 31.1 Å². The predicted octanol–water partition coefficient (Wildman–Crippen LogP) is 3.19. The van der Waals surface area contributed by atoms with Crippen molar-refractivity contribution in [1.82, 2.24) is 10.2 Å². The van der Waals surface area contributed by atoms with Crippen LogP contribution in [-0.2, 0) is 0 Å². The van der Waals surface area contributed by atoms with E-state index in [2.05, 4.69) is 10.2 Å². The predicted molar refractivity (Wildman–Crippen MR) is 61.9 cm³/mol. The smallest absolute Gasteiger partial charge is 0.162 e. The second kappa shape index (κ2) is 3.59. The Morgan fingerprint density at radius 2 is 2.19 bits per heavy atom. The highest BCUT2D eigenvalue weighted by molar-refractivity contribution is 6.32. The molecule has 1 aromatic rings. The van der Waals surface area contributed by atoms with E-state index in [0.29, 0.717) is 16.4 Å². The van der Waals surface area contributed by atoms with Gasteiger partial charge in [-0.3, -0.25) is 0 Å². The maximum Gasteiger partial charge on any atom is 0.162 e. The molecule has 1 spiro atoms. The molecule has 0 radical (unpaired) electrons. The third kappa shape index (κ3) is 1.41. The molecule has 3 nitrogen and oxygen atoms in total. The normalized spacial score (nSPS) is 22.6. The molecule has 0 atom stereocenters. The van der Waals surface area contributed by atoms with Crippen LogP contribution in [0.5, 0.6) is 5.75 Å². The molecular weight excluding hydrogens is 224 g/mol. The molecule has 0 aliphatic heterocycles. The van der Waals surface area contributed by atoms with Crippen molar-refractivity contribution >= 4 is 11.6 Å². The number of methoxy groups -OCH3 is 1. The summed E-state index contributed by atoms with van der Waals surface area (Å²) in [5.74, 6) is 1.22. The Morgan fingerprint density at radius 1 is 1.44 bits per heavy atom. The number of hydrogen-bond donors (Lipinski definition) is 0. The number of hydrogen-bond acceptors (Lipinski definition) is 3. The van der Waals surface area contributed by atoms with Crippen LogP contribution in [0.4, 0.5) is 0 Å². The van der Waals surface area contributed by atoms with Gasteiger partial charge in [0.25, 0.3) is 0 Å². The minimum atomic E-state index is 0.501. The zero-order valence-corrected chi connectivity index (χ0v) is 10.1. The van der Waals surface area contributed by atoms with Gasteiger partial charge in [0.05, 0.1) is 13.3 Å². The highest BCUT2D eigenvalue weighted by Crippen LogP contribution is 2.62. The molecule has 2 fully saturated rings. The lowest BCUT2D eigenvalue weighted by Crippen LogP contribution is -2.41. The number of aromatic nitrogens is 2. The minimum absolute atomic E-state index is 0.501. The van der Waals surface area contributed by atoms with E-state index >= 15 is 0 Å². The Balaban J connectivity index is 1.82. The second-order valence-corrected chi connectivity index (χ2v) is 5.48. The molecule has 2 saturated carbocycles. The van der Waals surface area contributed by atoms with Crippen LogP contribution in [0.15, 0.2) is 6.20 Å². The van der Waals surface area contributed by atoms with Crippen LogP contribution in [0.2, 0.25) is 5.02 Å². The summed E-state index contributed by atoms with van der Waals surface area (Å²) in [5.41, 5.74) is 1.59. The number of halogens is 1. The van der Waals surface area contributed by atoms with Crippen molar-refractivity contribution in [2.45, 2.75) is 38.0 Å². The lowest BCUT2D eigenvalue weighted by atomic mass is 9.51. The van der Waals surface area contributed by atoms with Gasteiger partial charge in [0.15, 0.2) is 5.75 Å². The van der Waals surface area contributed by atoms with E-state index in [1.807, 2.05) is 0 Å². The molecule has 16 heavy (non-hydrogen) atoms. The summed E-state index contributed by atoms with van der Waals surface area (Å²) in [6, 6.07) is 0. The summed E-state index contributed by atoms with van der Waals surface area (Å²) in [6.07, 6.45) is 8.18. The van der Waals surface area contributed by atoms with Crippen LogP contribution in [0.1, 0.15) is 43.7 Å². The van der Waals surface area contributed by atoms with Crippen molar-refractivity contribution in [2.75, 3.05) is 7.11 Å². The average Bonchev–Trinajstić information content (AvgIpc) is 2.13. The summed E-state index contributed by atoms with van der Waals surface area (Å²) in [7, 11) is 1.64. The molecule has 0 bridgehead atoms. The van der Waals surface area contributed by atoms with Crippen LogP contribution < -0.4 is 4.74 Å². The van der Waals surface area contributed by atoms with Gasteiger partial charge < -0.3 is 4.74 Å². The van der Waals surface area contributed by atoms with E-state index < -0.39 is 0 Å². The molecule has 1 aromatic heterocycles. The second-order valence-electron chi connectivity index (χ2n) is 5.07. The monoisotopic (exact) mass is 238 g/mol. The van der Waals surface area contributed by atoms with Crippen LogP contribution in [0, 0.1) is 5.41 Å². The number of rotatable bonds is 2. The first-order chi connectivity index (χ1) is 7.74. The fourth-order valence-corrected chi connectivity index (χ4v) is 3.32. The van der Waals surface area contributed by atoms with Crippen LogP contribution >= 0.6 is 11.6 Å². The van der Waals surface area contributed by atoms with Crippen molar-refractivity contribution < 1.29 is 4.74 Å². The van der Waals surface area contributed by atoms with Crippen molar-refractivity contribution in [2.24, 2.45) is 5.41 Å². The summed E-state index contributed by atoms with van der Waals surface area (Å²) >= 11 is 6.05. The summed E-state index contributed by atoms with van der Waals surface area (Å²) in [4.78, 5) is 0. The molecule has 86 valence electrons. The zero-order chi connectivity index (χ0) is 11.2. The standard InChI is InChI=1S/C12H15ClN2O/c1-16-11-9(13)7-14-15-10(11)8-5-12(6-8)3-2-4-12/h7-8H,2-6H2,1H3. The van der Waals surface area contributed by atoms with Crippen molar-refractivity contribution in [1.29, 1.82) is 0 Å². The molecule has 2 aliphatic carbocycles. The van der Waals surface area contributed by atoms with E-state index in [9.17, 15) is 0 Å². The Bertz CT molecular complexity index is 409. The highest BCUT2D eigenvalue weighted by Gasteiger charge is 2.49. The van der Waals surface area contributed by atoms with Gasteiger partial charge in [0.1, 0.15) is 10.7 Å². The van der Waals surface area contributed by atoms with Gasteiger partial charge in [0.2, 0.25) is 0 Å². The Hall–Kier alpha value is -0.830. The van der Waals surface area contributed by atoms with Crippen molar-refractivity contribution in [3.8, 4) is 5.75 Å². The highest BCUT2D eigenvalue weighted by atomic mass is 35.5. The molecule has 0 aromatic carbocycles. The van der Waals surface area contributed by atoms with Gasteiger partial charge in [0, 0.05) is 5.92 Å². The molecular formula is C12H15ClN2O. The zero-order valence-electron chi connectivity index (χ0n) is 9.37. The fraction of sp³-hybridized carbons (Fsp3) is 0.667. The van der Waals surface area contributed by atoms with Crippen molar-refractivity contribution in [3.05, 3.63) is 16.9 Å².